The number of hydrogen-bond donors (Lipinski definition) is 1. The molecule has 0 saturated carbocycles. The van der Waals surface area contributed by atoms with Gasteiger partial charge in [-0.1, -0.05) is 17.7 Å². The van der Waals surface area contributed by atoms with E-state index in [1.807, 2.05) is 19.1 Å². The molecular weight excluding hydrogens is 425 g/mol. The maximum Gasteiger partial charge on any atom is 0.316 e. The number of nitrogens with one attached hydrogen (secondary N) is 1. The van der Waals surface area contributed by atoms with E-state index in [0.717, 1.165) is 22.6 Å². The van der Waals surface area contributed by atoms with Crippen LogP contribution in [0.15, 0.2) is 47.4 Å². The molecule has 0 fully saturated rings. The molecule has 0 aliphatic rings. The monoisotopic (exact) mass is 449 g/mol. The third kappa shape index (κ3) is 6.44. The Morgan fingerprint density at radius 3 is 2.39 bits per heavy atom. The van der Waals surface area contributed by atoms with Crippen molar-refractivity contribution in [2.24, 2.45) is 0 Å². The van der Waals surface area contributed by atoms with Crippen molar-refractivity contribution < 1.29 is 18.6 Å². The van der Waals surface area contributed by atoms with Gasteiger partial charge in [-0.15, -0.1) is 0 Å². The fourth-order valence-electron chi connectivity index (χ4n) is 2.69. The summed E-state index contributed by atoms with van der Waals surface area (Å²) in [5.74, 6) is 0.655. The predicted molar refractivity (Wildman–Crippen MR) is 120 cm³/mol. The summed E-state index contributed by atoms with van der Waals surface area (Å²) in [5, 5.41) is 3.19. The van der Waals surface area contributed by atoms with Crippen LogP contribution in [0.5, 0.6) is 11.5 Å². The van der Waals surface area contributed by atoms with E-state index >= 15 is 0 Å². The van der Waals surface area contributed by atoms with Crippen LogP contribution in [0.3, 0.4) is 0 Å². The van der Waals surface area contributed by atoms with Crippen LogP contribution in [0.4, 0.5) is 16.0 Å². The van der Waals surface area contributed by atoms with E-state index in [-0.39, 0.29) is 10.8 Å². The molecule has 3 rings (SSSR count). The van der Waals surface area contributed by atoms with E-state index in [9.17, 15) is 9.18 Å². The van der Waals surface area contributed by atoms with Gasteiger partial charge >= 0.3 is 5.56 Å². The number of aromatic nitrogens is 2. The van der Waals surface area contributed by atoms with Crippen LogP contribution in [0.25, 0.3) is 0 Å². The summed E-state index contributed by atoms with van der Waals surface area (Å²) in [7, 11) is 6.25. The lowest BCUT2D eigenvalue weighted by Crippen LogP contribution is -2.19. The van der Waals surface area contributed by atoms with E-state index < -0.39 is 11.4 Å². The Morgan fingerprint density at radius 1 is 1.10 bits per heavy atom. The molecule has 1 aromatic heterocycles. The van der Waals surface area contributed by atoms with Crippen molar-refractivity contribution in [3.63, 3.8) is 0 Å². The molecule has 0 atom stereocenters. The zero-order chi connectivity index (χ0) is 23.0. The van der Waals surface area contributed by atoms with Gasteiger partial charge in [0.2, 0.25) is 11.7 Å². The molecule has 1 heterocycles. The lowest BCUT2D eigenvalue weighted by atomic mass is 10.2. The van der Waals surface area contributed by atoms with E-state index in [4.69, 9.17) is 21.1 Å². The van der Waals surface area contributed by atoms with Crippen molar-refractivity contribution in [3.8, 4) is 11.5 Å². The molecule has 7 nitrogen and oxygen atoms in total. The topological polar surface area (TPSA) is 74.6 Å². The number of rotatable bonds is 6. The Kier molecular flexibility index (Phi) is 8.84. The highest BCUT2D eigenvalue weighted by atomic mass is 35.5. The molecular formula is C22H25ClFN3O4. The molecule has 0 radical (unpaired) electrons. The molecule has 0 aliphatic heterocycles. The van der Waals surface area contributed by atoms with Gasteiger partial charge in [0.05, 0.1) is 32.0 Å². The summed E-state index contributed by atoms with van der Waals surface area (Å²) in [4.78, 5) is 16.3. The highest BCUT2D eigenvalue weighted by Crippen LogP contribution is 2.25. The average molecular weight is 450 g/mol. The molecule has 0 bridgehead atoms. The first-order chi connectivity index (χ1) is 14.8. The second-order valence-corrected chi connectivity index (χ2v) is 6.94. The van der Waals surface area contributed by atoms with Crippen LogP contribution >= 0.6 is 11.6 Å². The lowest BCUT2D eigenvalue weighted by molar-refractivity contribution is 0.277. The number of anilines is 2. The highest BCUT2D eigenvalue weighted by Gasteiger charge is 2.12. The van der Waals surface area contributed by atoms with Gasteiger partial charge in [0.1, 0.15) is 11.6 Å². The fourth-order valence-corrected chi connectivity index (χ4v) is 2.90. The van der Waals surface area contributed by atoms with E-state index in [0.29, 0.717) is 12.5 Å². The van der Waals surface area contributed by atoms with Crippen molar-refractivity contribution in [2.75, 3.05) is 33.8 Å². The molecule has 166 valence electrons. The summed E-state index contributed by atoms with van der Waals surface area (Å²) in [5.41, 5.74) is 1.93. The first-order valence-electron chi connectivity index (χ1n) is 9.24. The molecule has 9 heteroatoms. The second-order valence-electron chi connectivity index (χ2n) is 6.53. The van der Waals surface area contributed by atoms with Crippen molar-refractivity contribution in [3.05, 3.63) is 74.9 Å². The zero-order valence-corrected chi connectivity index (χ0v) is 18.8. The smallest absolute Gasteiger partial charge is 0.316 e. The van der Waals surface area contributed by atoms with Gasteiger partial charge in [-0.2, -0.15) is 4.98 Å². The summed E-state index contributed by atoms with van der Waals surface area (Å²) >= 11 is 5.88. The van der Waals surface area contributed by atoms with E-state index in [1.165, 1.54) is 19.2 Å². The summed E-state index contributed by atoms with van der Waals surface area (Å²) < 4.78 is 29.7. The SMILES string of the molecule is COC.COc1ccc(Nc2nc(=O)c(OC)cn2Cc2ccc(F)c(Cl)c2)c(C)c1. The molecule has 0 spiro atoms. The highest BCUT2D eigenvalue weighted by molar-refractivity contribution is 6.30. The van der Waals surface area contributed by atoms with Crippen molar-refractivity contribution >= 4 is 23.2 Å². The van der Waals surface area contributed by atoms with Gasteiger partial charge in [0, 0.05) is 19.9 Å². The van der Waals surface area contributed by atoms with E-state index in [1.54, 1.807) is 44.2 Å². The maximum atomic E-state index is 13.4. The number of aryl methyl sites for hydroxylation is 1. The summed E-state index contributed by atoms with van der Waals surface area (Å²) in [6, 6.07) is 9.96. The van der Waals surface area contributed by atoms with Crippen molar-refractivity contribution in [2.45, 2.75) is 13.5 Å². The summed E-state index contributed by atoms with van der Waals surface area (Å²) in [6.45, 7) is 2.22. The Bertz CT molecular complexity index is 1090. The third-order valence-corrected chi connectivity index (χ3v) is 4.49. The van der Waals surface area contributed by atoms with Crippen LogP contribution in [-0.4, -0.2) is 38.0 Å². The molecule has 0 unspecified atom stereocenters. The van der Waals surface area contributed by atoms with Gasteiger partial charge in [-0.3, -0.25) is 4.79 Å². The Labute approximate surface area is 185 Å². The Balaban J connectivity index is 0.00000107. The van der Waals surface area contributed by atoms with Crippen molar-refractivity contribution in [1.29, 1.82) is 0 Å². The second kappa shape index (κ2) is 11.3. The van der Waals surface area contributed by atoms with Gasteiger partial charge in [-0.05, 0) is 48.4 Å². The standard InChI is InChI=1S/C20H19ClFN3O3.C2H6O/c1-12-8-14(27-2)5-7-17(12)23-20-24-19(26)18(28-3)11-25(20)10-13-4-6-16(22)15(21)9-13;1-3-2/h4-9,11H,10H2,1-3H3,(H,23,24,26);1-2H3. The first kappa shape index (κ1) is 24.2. The Morgan fingerprint density at radius 2 is 1.81 bits per heavy atom. The molecule has 1 N–H and O–H groups in total. The number of ether oxygens (including phenoxy) is 3. The van der Waals surface area contributed by atoms with Crippen LogP contribution in [-0.2, 0) is 11.3 Å². The predicted octanol–water partition coefficient (Wildman–Crippen LogP) is 4.42. The average Bonchev–Trinajstić information content (AvgIpc) is 2.74. The number of methoxy groups -OCH3 is 3. The number of benzene rings is 2. The van der Waals surface area contributed by atoms with Crippen molar-refractivity contribution in [1.82, 2.24) is 9.55 Å². The zero-order valence-electron chi connectivity index (χ0n) is 18.0. The molecule has 0 aliphatic carbocycles. The van der Waals surface area contributed by atoms with E-state index in [2.05, 4.69) is 15.0 Å². The maximum absolute atomic E-state index is 13.4. The molecule has 31 heavy (non-hydrogen) atoms. The minimum Gasteiger partial charge on any atom is -0.497 e. The first-order valence-corrected chi connectivity index (χ1v) is 9.61. The minimum absolute atomic E-state index is 0.0268. The van der Waals surface area contributed by atoms with Gasteiger partial charge in [0.15, 0.2) is 0 Å². The molecule has 2 aromatic carbocycles. The largest absolute Gasteiger partial charge is 0.497 e. The number of halogens is 2. The van der Waals surface area contributed by atoms with Gasteiger partial charge in [0.25, 0.3) is 0 Å². The van der Waals surface area contributed by atoms with Gasteiger partial charge < -0.3 is 24.1 Å². The number of nitrogens with zero attached hydrogens (tertiary/aromatic N) is 2. The third-order valence-electron chi connectivity index (χ3n) is 4.20. The van der Waals surface area contributed by atoms with Crippen LogP contribution < -0.4 is 20.3 Å². The molecule has 0 saturated heterocycles. The van der Waals surface area contributed by atoms with Gasteiger partial charge in [-0.25, -0.2) is 4.39 Å². The molecule has 0 amide bonds. The normalized spacial score (nSPS) is 10.2. The number of hydrogen-bond acceptors (Lipinski definition) is 6. The minimum atomic E-state index is -0.496. The molecule has 3 aromatic rings. The summed E-state index contributed by atoms with van der Waals surface area (Å²) in [6.07, 6.45) is 1.55. The Hall–Kier alpha value is -3.10. The lowest BCUT2D eigenvalue weighted by Gasteiger charge is -2.17. The van der Waals surface area contributed by atoms with Crippen LogP contribution in [0.1, 0.15) is 11.1 Å². The van der Waals surface area contributed by atoms with Crippen LogP contribution in [0, 0.1) is 12.7 Å². The van der Waals surface area contributed by atoms with Crippen LogP contribution in [0.2, 0.25) is 5.02 Å². The quantitative estimate of drug-likeness (QED) is 0.600. The fraction of sp³-hybridized carbons (Fsp3) is 0.273.